The molecule has 0 unspecified atom stereocenters. The SMILES string of the molecule is C#CCCOc1c(F)cccc1C=O. The van der Waals surface area contributed by atoms with Gasteiger partial charge in [-0.05, 0) is 12.1 Å². The first-order chi connectivity index (χ1) is 6.79. The molecule has 3 heteroatoms. The highest BCUT2D eigenvalue weighted by molar-refractivity contribution is 5.79. The number of carbonyl (C=O) groups excluding carboxylic acids is 1. The second-order valence-corrected chi connectivity index (χ2v) is 2.58. The third-order valence-electron chi connectivity index (χ3n) is 1.62. The van der Waals surface area contributed by atoms with Crippen LogP contribution in [0.2, 0.25) is 0 Å². The summed E-state index contributed by atoms with van der Waals surface area (Å²) in [6.45, 7) is 0.207. The van der Waals surface area contributed by atoms with Gasteiger partial charge < -0.3 is 4.74 Å². The van der Waals surface area contributed by atoms with Crippen LogP contribution < -0.4 is 4.74 Å². The fourth-order valence-corrected chi connectivity index (χ4v) is 0.983. The standard InChI is InChI=1S/C11H9FO2/c1-2-3-7-14-11-9(8-13)5-4-6-10(11)12/h1,4-6,8H,3,7H2. The maximum atomic E-state index is 13.1. The molecule has 0 atom stereocenters. The van der Waals surface area contributed by atoms with E-state index in [4.69, 9.17) is 11.2 Å². The number of carbonyl (C=O) groups is 1. The molecule has 72 valence electrons. The first-order valence-electron chi connectivity index (χ1n) is 4.09. The van der Waals surface area contributed by atoms with Crippen LogP contribution in [0.15, 0.2) is 18.2 Å². The summed E-state index contributed by atoms with van der Waals surface area (Å²) in [5, 5.41) is 0. The Morgan fingerprint density at radius 2 is 2.36 bits per heavy atom. The van der Waals surface area contributed by atoms with Gasteiger partial charge in [-0.3, -0.25) is 4.79 Å². The van der Waals surface area contributed by atoms with Crippen LogP contribution in [0.5, 0.6) is 5.75 Å². The Labute approximate surface area is 81.7 Å². The van der Waals surface area contributed by atoms with E-state index in [0.29, 0.717) is 12.7 Å². The molecule has 0 bridgehead atoms. The highest BCUT2D eigenvalue weighted by Gasteiger charge is 2.08. The van der Waals surface area contributed by atoms with Crippen molar-refractivity contribution in [1.82, 2.24) is 0 Å². The van der Waals surface area contributed by atoms with E-state index in [1.807, 2.05) is 0 Å². The zero-order valence-corrected chi connectivity index (χ0v) is 7.50. The van der Waals surface area contributed by atoms with Crippen molar-refractivity contribution in [2.24, 2.45) is 0 Å². The van der Waals surface area contributed by atoms with Crippen LogP contribution in [-0.4, -0.2) is 12.9 Å². The summed E-state index contributed by atoms with van der Waals surface area (Å²) in [6, 6.07) is 4.17. The Hall–Kier alpha value is -1.82. The van der Waals surface area contributed by atoms with E-state index in [0.717, 1.165) is 0 Å². The molecule has 0 N–H and O–H groups in total. The monoisotopic (exact) mass is 192 g/mol. The minimum Gasteiger partial charge on any atom is -0.489 e. The van der Waals surface area contributed by atoms with E-state index in [9.17, 15) is 9.18 Å². The lowest BCUT2D eigenvalue weighted by molar-refractivity contribution is 0.111. The normalized spacial score (nSPS) is 9.14. The van der Waals surface area contributed by atoms with Gasteiger partial charge in [-0.15, -0.1) is 12.3 Å². The maximum absolute atomic E-state index is 13.1. The molecule has 2 nitrogen and oxygen atoms in total. The van der Waals surface area contributed by atoms with Crippen molar-refractivity contribution in [3.63, 3.8) is 0 Å². The number of rotatable bonds is 4. The van der Waals surface area contributed by atoms with Crippen LogP contribution in [-0.2, 0) is 0 Å². The summed E-state index contributed by atoms with van der Waals surface area (Å²) < 4.78 is 18.2. The number of para-hydroxylation sites is 1. The molecule has 0 fully saturated rings. The lowest BCUT2D eigenvalue weighted by Gasteiger charge is -2.07. The summed E-state index contributed by atoms with van der Waals surface area (Å²) in [7, 11) is 0. The Morgan fingerprint density at radius 3 is 3.00 bits per heavy atom. The zero-order valence-electron chi connectivity index (χ0n) is 7.50. The number of aldehydes is 1. The lowest BCUT2D eigenvalue weighted by Crippen LogP contribution is -2.01. The molecule has 1 aromatic rings. The second kappa shape index (κ2) is 5.03. The van der Waals surface area contributed by atoms with Crippen molar-refractivity contribution in [1.29, 1.82) is 0 Å². The average molecular weight is 192 g/mol. The smallest absolute Gasteiger partial charge is 0.165 e. The van der Waals surface area contributed by atoms with Crippen LogP contribution in [0, 0.1) is 18.2 Å². The molecule has 0 radical (unpaired) electrons. The van der Waals surface area contributed by atoms with Crippen molar-refractivity contribution < 1.29 is 13.9 Å². The summed E-state index contributed by atoms with van der Waals surface area (Å²) in [5.74, 6) is 1.78. The molecule has 1 rings (SSSR count). The Bertz CT molecular complexity index is 366. The van der Waals surface area contributed by atoms with E-state index < -0.39 is 5.82 Å². The molecule has 0 aliphatic rings. The average Bonchev–Trinajstić information content (AvgIpc) is 2.20. The number of hydrogen-bond acceptors (Lipinski definition) is 2. The van der Waals surface area contributed by atoms with E-state index in [-0.39, 0.29) is 17.9 Å². The van der Waals surface area contributed by atoms with Crippen LogP contribution in [0.4, 0.5) is 4.39 Å². The van der Waals surface area contributed by atoms with Gasteiger partial charge in [0.15, 0.2) is 17.9 Å². The molecule has 0 amide bonds. The molecule has 0 saturated heterocycles. The van der Waals surface area contributed by atoms with E-state index in [1.165, 1.54) is 18.2 Å². The number of terminal acetylenes is 1. The van der Waals surface area contributed by atoms with Gasteiger partial charge in [0.2, 0.25) is 0 Å². The molecular weight excluding hydrogens is 183 g/mol. The first-order valence-corrected chi connectivity index (χ1v) is 4.09. The summed E-state index contributed by atoms with van der Waals surface area (Å²) in [4.78, 5) is 10.5. The van der Waals surface area contributed by atoms with Gasteiger partial charge in [-0.1, -0.05) is 6.07 Å². The van der Waals surface area contributed by atoms with Crippen LogP contribution in [0.25, 0.3) is 0 Å². The van der Waals surface area contributed by atoms with Crippen LogP contribution in [0.3, 0.4) is 0 Å². The summed E-state index contributed by atoms with van der Waals surface area (Å²) in [5.41, 5.74) is 0.196. The number of halogens is 1. The molecule has 0 spiro atoms. The van der Waals surface area contributed by atoms with Gasteiger partial charge in [0.05, 0.1) is 12.2 Å². The van der Waals surface area contributed by atoms with E-state index in [1.54, 1.807) is 0 Å². The summed E-state index contributed by atoms with van der Waals surface area (Å²) in [6.07, 6.45) is 5.94. The minimum absolute atomic E-state index is 0.0299. The predicted molar refractivity (Wildman–Crippen MR) is 50.7 cm³/mol. The third kappa shape index (κ3) is 2.33. The van der Waals surface area contributed by atoms with Gasteiger partial charge in [0.1, 0.15) is 0 Å². The Balaban J connectivity index is 2.83. The van der Waals surface area contributed by atoms with Crippen molar-refractivity contribution in [3.8, 4) is 18.1 Å². The van der Waals surface area contributed by atoms with E-state index in [2.05, 4.69) is 5.92 Å². The largest absolute Gasteiger partial charge is 0.489 e. The Kier molecular flexibility index (Phi) is 3.69. The molecule has 0 heterocycles. The first kappa shape index (κ1) is 10.3. The molecule has 1 aromatic carbocycles. The molecule has 0 saturated carbocycles. The second-order valence-electron chi connectivity index (χ2n) is 2.58. The van der Waals surface area contributed by atoms with Crippen LogP contribution >= 0.6 is 0 Å². The van der Waals surface area contributed by atoms with Gasteiger partial charge in [-0.25, -0.2) is 4.39 Å². The molecule has 0 aliphatic carbocycles. The topological polar surface area (TPSA) is 26.3 Å². The molecule has 0 aliphatic heterocycles. The lowest BCUT2D eigenvalue weighted by atomic mass is 10.2. The van der Waals surface area contributed by atoms with Crippen molar-refractivity contribution >= 4 is 6.29 Å². The zero-order chi connectivity index (χ0) is 10.4. The Morgan fingerprint density at radius 1 is 1.57 bits per heavy atom. The van der Waals surface area contributed by atoms with Gasteiger partial charge in [0, 0.05) is 6.42 Å². The number of hydrogen-bond donors (Lipinski definition) is 0. The van der Waals surface area contributed by atoms with Crippen molar-refractivity contribution in [3.05, 3.63) is 29.6 Å². The van der Waals surface area contributed by atoms with Crippen molar-refractivity contribution in [2.45, 2.75) is 6.42 Å². The van der Waals surface area contributed by atoms with Gasteiger partial charge >= 0.3 is 0 Å². The predicted octanol–water partition coefficient (Wildman–Crippen LogP) is 2.04. The highest BCUT2D eigenvalue weighted by Crippen LogP contribution is 2.20. The number of ether oxygens (including phenoxy) is 1. The third-order valence-corrected chi connectivity index (χ3v) is 1.62. The molecule has 14 heavy (non-hydrogen) atoms. The van der Waals surface area contributed by atoms with Gasteiger partial charge in [0.25, 0.3) is 0 Å². The van der Waals surface area contributed by atoms with Crippen LogP contribution in [0.1, 0.15) is 16.8 Å². The molecular formula is C11H9FO2. The van der Waals surface area contributed by atoms with Gasteiger partial charge in [-0.2, -0.15) is 0 Å². The molecule has 0 aromatic heterocycles. The highest BCUT2D eigenvalue weighted by atomic mass is 19.1. The fourth-order valence-electron chi connectivity index (χ4n) is 0.983. The number of benzene rings is 1. The summed E-state index contributed by atoms with van der Waals surface area (Å²) >= 11 is 0. The fraction of sp³-hybridized carbons (Fsp3) is 0.182. The quantitative estimate of drug-likeness (QED) is 0.414. The maximum Gasteiger partial charge on any atom is 0.165 e. The minimum atomic E-state index is -0.549. The van der Waals surface area contributed by atoms with Crippen molar-refractivity contribution in [2.75, 3.05) is 6.61 Å². The van der Waals surface area contributed by atoms with E-state index >= 15 is 0 Å².